The van der Waals surface area contributed by atoms with Gasteiger partial charge in [-0.2, -0.15) is 0 Å². The van der Waals surface area contributed by atoms with E-state index in [9.17, 15) is 14.4 Å². The molecule has 7 nitrogen and oxygen atoms in total. The molecule has 0 aliphatic heterocycles. The Bertz CT molecular complexity index is 1020. The minimum Gasteiger partial charge on any atom is -0.322 e. The highest BCUT2D eigenvalue weighted by atomic mass is 16.2. The Kier molecular flexibility index (Phi) is 6.22. The summed E-state index contributed by atoms with van der Waals surface area (Å²) in [6.45, 7) is 1.92. The largest absolute Gasteiger partial charge is 0.337 e. The molecule has 0 saturated carbocycles. The van der Waals surface area contributed by atoms with E-state index >= 15 is 0 Å². The summed E-state index contributed by atoms with van der Waals surface area (Å²) in [5, 5.41) is 5.37. The Morgan fingerprint density at radius 2 is 1.31 bits per heavy atom. The van der Waals surface area contributed by atoms with E-state index in [0.717, 1.165) is 5.56 Å². The van der Waals surface area contributed by atoms with Gasteiger partial charge in [-0.1, -0.05) is 35.9 Å². The fourth-order valence-corrected chi connectivity index (χ4v) is 2.56. The van der Waals surface area contributed by atoms with Crippen LogP contribution < -0.4 is 21.5 Å². The summed E-state index contributed by atoms with van der Waals surface area (Å²) in [4.78, 5) is 36.2. The van der Waals surface area contributed by atoms with Crippen molar-refractivity contribution in [3.63, 3.8) is 0 Å². The molecule has 0 spiro atoms. The average molecular weight is 388 g/mol. The number of carbonyl (C=O) groups excluding carboxylic acids is 3. The van der Waals surface area contributed by atoms with E-state index in [1.54, 1.807) is 60.7 Å². The molecule has 0 saturated heterocycles. The molecule has 3 aromatic rings. The van der Waals surface area contributed by atoms with Crippen LogP contribution in [0.25, 0.3) is 0 Å². The molecule has 0 bridgehead atoms. The van der Waals surface area contributed by atoms with Crippen LogP contribution in [-0.4, -0.2) is 17.8 Å². The second-order valence-electron chi connectivity index (χ2n) is 6.30. The molecule has 4 N–H and O–H groups in total. The first-order chi connectivity index (χ1) is 14.0. The van der Waals surface area contributed by atoms with Gasteiger partial charge in [0.05, 0.1) is 0 Å². The van der Waals surface area contributed by atoms with Gasteiger partial charge in [0.25, 0.3) is 11.8 Å². The van der Waals surface area contributed by atoms with E-state index in [1.165, 1.54) is 0 Å². The number of para-hydroxylation sites is 1. The number of rotatable bonds is 4. The number of nitrogens with one attached hydrogen (secondary N) is 4. The third-order valence-electron chi connectivity index (χ3n) is 4.01. The lowest BCUT2D eigenvalue weighted by molar-refractivity contribution is 0.0937. The zero-order chi connectivity index (χ0) is 20.6. The Hall–Kier alpha value is -4.13. The molecule has 0 fully saturated rings. The van der Waals surface area contributed by atoms with Gasteiger partial charge in [-0.3, -0.25) is 15.0 Å². The first-order valence-electron chi connectivity index (χ1n) is 8.92. The van der Waals surface area contributed by atoms with E-state index in [-0.39, 0.29) is 5.91 Å². The Balaban J connectivity index is 1.52. The van der Waals surface area contributed by atoms with Crippen molar-refractivity contribution in [2.45, 2.75) is 6.92 Å². The maximum Gasteiger partial charge on any atom is 0.337 e. The summed E-state index contributed by atoms with van der Waals surface area (Å²) in [5.41, 5.74) is 7.65. The summed E-state index contributed by atoms with van der Waals surface area (Å²) < 4.78 is 0. The highest BCUT2D eigenvalue weighted by Gasteiger charge is 2.09. The van der Waals surface area contributed by atoms with Crippen LogP contribution in [0.5, 0.6) is 0 Å². The van der Waals surface area contributed by atoms with Crippen LogP contribution in [0, 0.1) is 6.92 Å². The van der Waals surface area contributed by atoms with E-state index in [2.05, 4.69) is 21.5 Å². The van der Waals surface area contributed by atoms with Crippen LogP contribution in [-0.2, 0) is 0 Å². The Labute approximate surface area is 168 Å². The summed E-state index contributed by atoms with van der Waals surface area (Å²) >= 11 is 0. The van der Waals surface area contributed by atoms with Crippen molar-refractivity contribution in [2.75, 3.05) is 10.6 Å². The molecule has 4 amide bonds. The topological polar surface area (TPSA) is 99.3 Å². The number of hydrogen-bond donors (Lipinski definition) is 4. The Morgan fingerprint density at radius 3 is 2.00 bits per heavy atom. The minimum atomic E-state index is -0.563. The van der Waals surface area contributed by atoms with Crippen molar-refractivity contribution in [1.82, 2.24) is 10.9 Å². The summed E-state index contributed by atoms with van der Waals surface area (Å²) in [7, 11) is 0. The fourth-order valence-electron chi connectivity index (χ4n) is 2.56. The predicted molar refractivity (Wildman–Crippen MR) is 112 cm³/mol. The third-order valence-corrected chi connectivity index (χ3v) is 4.01. The molecular weight excluding hydrogens is 368 g/mol. The maximum absolute atomic E-state index is 12.3. The lowest BCUT2D eigenvalue weighted by Crippen LogP contribution is -2.43. The lowest BCUT2D eigenvalue weighted by Gasteiger charge is -2.10. The van der Waals surface area contributed by atoms with E-state index < -0.39 is 11.9 Å². The van der Waals surface area contributed by atoms with Gasteiger partial charge in [0.1, 0.15) is 0 Å². The molecule has 146 valence electrons. The van der Waals surface area contributed by atoms with Gasteiger partial charge in [0.15, 0.2) is 0 Å². The minimum absolute atomic E-state index is 0.231. The van der Waals surface area contributed by atoms with Crippen LogP contribution in [0.15, 0.2) is 78.9 Å². The van der Waals surface area contributed by atoms with Crippen LogP contribution in [0.4, 0.5) is 16.2 Å². The normalized spacial score (nSPS) is 9.97. The van der Waals surface area contributed by atoms with Crippen LogP contribution in [0.1, 0.15) is 26.3 Å². The van der Waals surface area contributed by atoms with Crippen molar-refractivity contribution >= 4 is 29.2 Å². The second-order valence-corrected chi connectivity index (χ2v) is 6.30. The average Bonchev–Trinajstić information content (AvgIpc) is 2.73. The summed E-state index contributed by atoms with van der Waals surface area (Å²) in [5.74, 6) is -0.713. The molecule has 0 radical (unpaired) electrons. The van der Waals surface area contributed by atoms with Crippen molar-refractivity contribution in [2.24, 2.45) is 0 Å². The number of urea groups is 1. The number of hydrazine groups is 1. The van der Waals surface area contributed by atoms with E-state index in [4.69, 9.17) is 0 Å². The van der Waals surface area contributed by atoms with Crippen LogP contribution >= 0.6 is 0 Å². The van der Waals surface area contributed by atoms with Crippen molar-refractivity contribution in [3.05, 3.63) is 95.6 Å². The molecule has 0 atom stereocenters. The van der Waals surface area contributed by atoms with Gasteiger partial charge in [-0.15, -0.1) is 0 Å². The van der Waals surface area contributed by atoms with Gasteiger partial charge < -0.3 is 10.6 Å². The SMILES string of the molecule is Cc1cccc(C(=O)Nc2ccc(C(=O)NNC(=O)Nc3ccccc3)cc2)c1. The summed E-state index contributed by atoms with van der Waals surface area (Å²) in [6.07, 6.45) is 0. The third kappa shape index (κ3) is 5.67. The molecule has 3 aromatic carbocycles. The predicted octanol–water partition coefficient (Wildman–Crippen LogP) is 3.71. The standard InChI is InChI=1S/C22H20N4O3/c1-15-6-5-7-17(14-15)20(27)23-19-12-10-16(11-13-19)21(28)25-26-22(29)24-18-8-3-2-4-9-18/h2-14H,1H3,(H,23,27)(H,25,28)(H2,24,26,29). The number of hydrogen-bond acceptors (Lipinski definition) is 3. The number of aryl methyl sites for hydroxylation is 1. The highest BCUT2D eigenvalue weighted by Crippen LogP contribution is 2.12. The molecule has 7 heteroatoms. The van der Waals surface area contributed by atoms with Crippen molar-refractivity contribution in [1.29, 1.82) is 0 Å². The molecule has 0 aromatic heterocycles. The Morgan fingerprint density at radius 1 is 0.621 bits per heavy atom. The van der Waals surface area contributed by atoms with Gasteiger partial charge >= 0.3 is 6.03 Å². The van der Waals surface area contributed by atoms with E-state index in [1.807, 2.05) is 25.1 Å². The van der Waals surface area contributed by atoms with Gasteiger partial charge in [0, 0.05) is 22.5 Å². The lowest BCUT2D eigenvalue weighted by atomic mass is 10.1. The molecule has 3 rings (SSSR count). The van der Waals surface area contributed by atoms with Crippen LogP contribution in [0.3, 0.4) is 0 Å². The quantitative estimate of drug-likeness (QED) is 0.513. The van der Waals surface area contributed by atoms with Gasteiger partial charge in [-0.05, 0) is 55.5 Å². The first-order valence-corrected chi connectivity index (χ1v) is 8.92. The smallest absolute Gasteiger partial charge is 0.322 e. The number of amides is 4. The monoisotopic (exact) mass is 388 g/mol. The molecule has 29 heavy (non-hydrogen) atoms. The molecule has 0 unspecified atom stereocenters. The number of carbonyl (C=O) groups is 3. The number of anilines is 2. The second kappa shape index (κ2) is 9.18. The zero-order valence-corrected chi connectivity index (χ0v) is 15.7. The van der Waals surface area contributed by atoms with Crippen molar-refractivity contribution < 1.29 is 14.4 Å². The first kappa shape index (κ1) is 19.6. The molecule has 0 heterocycles. The highest BCUT2D eigenvalue weighted by molar-refractivity contribution is 6.04. The molecular formula is C22H20N4O3. The maximum atomic E-state index is 12.3. The summed E-state index contributed by atoms with van der Waals surface area (Å²) in [6, 6.07) is 21.9. The molecule has 0 aliphatic rings. The van der Waals surface area contributed by atoms with Gasteiger partial charge in [-0.25, -0.2) is 10.2 Å². The molecule has 0 aliphatic carbocycles. The fraction of sp³-hybridized carbons (Fsp3) is 0.0455. The van der Waals surface area contributed by atoms with Crippen molar-refractivity contribution in [3.8, 4) is 0 Å². The van der Waals surface area contributed by atoms with Gasteiger partial charge in [0.2, 0.25) is 0 Å². The van der Waals surface area contributed by atoms with E-state index in [0.29, 0.717) is 22.5 Å². The zero-order valence-electron chi connectivity index (χ0n) is 15.7. The van der Waals surface area contributed by atoms with Crippen LogP contribution in [0.2, 0.25) is 0 Å². The number of benzene rings is 3.